The Bertz CT molecular complexity index is 650. The molecule has 0 saturated carbocycles. The molecule has 0 aliphatic carbocycles. The highest BCUT2D eigenvalue weighted by Gasteiger charge is 2.01. The van der Waals surface area contributed by atoms with Crippen LogP contribution >= 0.6 is 11.6 Å². The second-order valence-electron chi connectivity index (χ2n) is 4.69. The van der Waals surface area contributed by atoms with Crippen LogP contribution in [0.4, 0.5) is 0 Å². The van der Waals surface area contributed by atoms with Crippen LogP contribution in [0.15, 0.2) is 42.5 Å². The molecule has 0 atom stereocenters. The zero-order chi connectivity index (χ0) is 14.4. The Kier molecular flexibility index (Phi) is 5.09. The van der Waals surface area contributed by atoms with Crippen molar-refractivity contribution < 1.29 is 4.74 Å². The van der Waals surface area contributed by atoms with E-state index in [1.54, 1.807) is 0 Å². The first-order valence-corrected chi connectivity index (χ1v) is 7.06. The summed E-state index contributed by atoms with van der Waals surface area (Å²) in [6.07, 6.45) is 0. The molecule has 0 fully saturated rings. The third-order valence-corrected chi connectivity index (χ3v) is 3.08. The molecule has 0 spiro atoms. The molecular weight excluding hydrogens is 268 g/mol. The van der Waals surface area contributed by atoms with Crippen LogP contribution in [-0.2, 0) is 6.61 Å². The smallest absolute Gasteiger partial charge is 0.122 e. The molecule has 0 N–H and O–H groups in total. The van der Waals surface area contributed by atoms with E-state index in [0.29, 0.717) is 12.5 Å². The van der Waals surface area contributed by atoms with Crippen molar-refractivity contribution in [1.82, 2.24) is 0 Å². The second kappa shape index (κ2) is 7.03. The lowest BCUT2D eigenvalue weighted by Crippen LogP contribution is -1.97. The Morgan fingerprint density at radius 1 is 1.10 bits per heavy atom. The van der Waals surface area contributed by atoms with Crippen LogP contribution in [0.3, 0.4) is 0 Å². The topological polar surface area (TPSA) is 9.23 Å². The maximum atomic E-state index is 5.86. The molecule has 20 heavy (non-hydrogen) atoms. The van der Waals surface area contributed by atoms with Crippen molar-refractivity contribution in [3.05, 3.63) is 64.7 Å². The Balaban J connectivity index is 2.06. The van der Waals surface area contributed by atoms with Crippen LogP contribution in [0.25, 0.3) is 0 Å². The molecule has 0 aliphatic rings. The fourth-order valence-electron chi connectivity index (χ4n) is 1.99. The predicted octanol–water partition coefficient (Wildman–Crippen LogP) is 4.47. The Morgan fingerprint density at radius 2 is 1.95 bits per heavy atom. The minimum Gasteiger partial charge on any atom is -0.489 e. The van der Waals surface area contributed by atoms with E-state index in [4.69, 9.17) is 16.3 Å². The van der Waals surface area contributed by atoms with Gasteiger partial charge in [0.05, 0.1) is 5.88 Å². The van der Waals surface area contributed by atoms with Crippen molar-refractivity contribution in [3.63, 3.8) is 0 Å². The van der Waals surface area contributed by atoms with Crippen molar-refractivity contribution in [2.45, 2.75) is 20.5 Å². The lowest BCUT2D eigenvalue weighted by molar-refractivity contribution is 0.304. The maximum Gasteiger partial charge on any atom is 0.122 e. The first kappa shape index (κ1) is 14.5. The molecule has 0 saturated heterocycles. The maximum absolute atomic E-state index is 5.86. The molecule has 1 nitrogen and oxygen atoms in total. The van der Waals surface area contributed by atoms with Gasteiger partial charge >= 0.3 is 0 Å². The molecule has 2 aromatic carbocycles. The number of hydrogen-bond donors (Lipinski definition) is 0. The lowest BCUT2D eigenvalue weighted by Gasteiger charge is -2.10. The Morgan fingerprint density at radius 3 is 2.65 bits per heavy atom. The number of alkyl halides is 1. The summed E-state index contributed by atoms with van der Waals surface area (Å²) in [6.45, 7) is 4.69. The van der Waals surface area contributed by atoms with Crippen molar-refractivity contribution in [3.8, 4) is 17.6 Å². The van der Waals surface area contributed by atoms with E-state index in [9.17, 15) is 0 Å². The van der Waals surface area contributed by atoms with Crippen LogP contribution in [0.1, 0.15) is 22.3 Å². The summed E-state index contributed by atoms with van der Waals surface area (Å²) in [7, 11) is 0. The number of benzene rings is 2. The standard InChI is InChI=1S/C18H17ClO/c1-14-5-3-6-17(11-14)13-20-18-9-8-16(7-4-10-19)12-15(18)2/h3,5-6,8-9,11-12H,10,13H2,1-2H3. The van der Waals surface area contributed by atoms with Gasteiger partial charge in [-0.1, -0.05) is 41.7 Å². The minimum atomic E-state index is 0.352. The monoisotopic (exact) mass is 284 g/mol. The normalized spacial score (nSPS) is 9.75. The number of rotatable bonds is 3. The van der Waals surface area contributed by atoms with Gasteiger partial charge in [-0.25, -0.2) is 0 Å². The zero-order valence-electron chi connectivity index (χ0n) is 11.7. The van der Waals surface area contributed by atoms with Crippen molar-refractivity contribution in [2.24, 2.45) is 0 Å². The average Bonchev–Trinajstić information content (AvgIpc) is 2.44. The molecule has 0 aromatic heterocycles. The molecule has 0 bridgehead atoms. The molecule has 0 radical (unpaired) electrons. The first-order valence-electron chi connectivity index (χ1n) is 6.53. The molecule has 0 aliphatic heterocycles. The van der Waals surface area contributed by atoms with Crippen molar-refractivity contribution in [1.29, 1.82) is 0 Å². The number of aryl methyl sites for hydroxylation is 2. The largest absolute Gasteiger partial charge is 0.489 e. The van der Waals surface area contributed by atoms with Crippen LogP contribution in [0.5, 0.6) is 5.75 Å². The predicted molar refractivity (Wildman–Crippen MR) is 84.3 cm³/mol. The van der Waals surface area contributed by atoms with E-state index in [2.05, 4.69) is 37.0 Å². The van der Waals surface area contributed by atoms with Crippen LogP contribution in [0, 0.1) is 25.7 Å². The Labute approximate surface area is 125 Å². The van der Waals surface area contributed by atoms with E-state index in [1.165, 1.54) is 11.1 Å². The molecule has 2 rings (SSSR count). The summed E-state index contributed by atoms with van der Waals surface area (Å²) in [5.74, 6) is 7.10. The van der Waals surface area contributed by atoms with Gasteiger partial charge in [0.15, 0.2) is 0 Å². The average molecular weight is 285 g/mol. The molecule has 102 valence electrons. The molecule has 2 heteroatoms. The second-order valence-corrected chi connectivity index (χ2v) is 4.96. The molecule has 0 unspecified atom stereocenters. The van der Waals surface area contributed by atoms with Gasteiger partial charge in [-0.15, -0.1) is 11.6 Å². The van der Waals surface area contributed by atoms with Gasteiger partial charge in [0.25, 0.3) is 0 Å². The van der Waals surface area contributed by atoms with Gasteiger partial charge in [0.2, 0.25) is 0 Å². The number of ether oxygens (including phenoxy) is 1. The highest BCUT2D eigenvalue weighted by Crippen LogP contribution is 2.20. The van der Waals surface area contributed by atoms with Crippen LogP contribution in [-0.4, -0.2) is 5.88 Å². The van der Waals surface area contributed by atoms with Gasteiger partial charge in [0.1, 0.15) is 12.4 Å². The van der Waals surface area contributed by atoms with Gasteiger partial charge < -0.3 is 4.74 Å². The number of halogens is 1. The van der Waals surface area contributed by atoms with Gasteiger partial charge in [-0.05, 0) is 43.2 Å². The summed E-state index contributed by atoms with van der Waals surface area (Å²) in [5.41, 5.74) is 4.47. The van der Waals surface area contributed by atoms with E-state index < -0.39 is 0 Å². The van der Waals surface area contributed by atoms with Crippen LogP contribution in [0.2, 0.25) is 0 Å². The van der Waals surface area contributed by atoms with Crippen LogP contribution < -0.4 is 4.74 Å². The van der Waals surface area contributed by atoms with Crippen molar-refractivity contribution in [2.75, 3.05) is 5.88 Å². The summed E-state index contributed by atoms with van der Waals surface area (Å²) < 4.78 is 5.86. The molecular formula is C18H17ClO. The summed E-state index contributed by atoms with van der Waals surface area (Å²) in [5, 5.41) is 0. The van der Waals surface area contributed by atoms with E-state index >= 15 is 0 Å². The first-order chi connectivity index (χ1) is 9.69. The van der Waals surface area contributed by atoms with E-state index in [1.807, 2.05) is 31.2 Å². The number of hydrogen-bond acceptors (Lipinski definition) is 1. The quantitative estimate of drug-likeness (QED) is 0.597. The minimum absolute atomic E-state index is 0.352. The Hall–Kier alpha value is -1.91. The summed E-state index contributed by atoms with van der Waals surface area (Å²) in [4.78, 5) is 0. The van der Waals surface area contributed by atoms with E-state index in [-0.39, 0.29) is 0 Å². The highest BCUT2D eigenvalue weighted by atomic mass is 35.5. The van der Waals surface area contributed by atoms with Gasteiger partial charge in [-0.2, -0.15) is 0 Å². The molecule has 0 amide bonds. The third-order valence-electron chi connectivity index (χ3n) is 2.95. The molecule has 2 aromatic rings. The summed E-state index contributed by atoms with van der Waals surface area (Å²) in [6, 6.07) is 14.3. The van der Waals surface area contributed by atoms with E-state index in [0.717, 1.165) is 16.9 Å². The third kappa shape index (κ3) is 4.05. The zero-order valence-corrected chi connectivity index (χ0v) is 12.5. The highest BCUT2D eigenvalue weighted by molar-refractivity contribution is 6.19. The van der Waals surface area contributed by atoms with Gasteiger partial charge in [-0.3, -0.25) is 0 Å². The fourth-order valence-corrected chi connectivity index (χ4v) is 2.05. The molecule has 0 heterocycles. The van der Waals surface area contributed by atoms with Crippen molar-refractivity contribution >= 4 is 11.6 Å². The van der Waals surface area contributed by atoms with Gasteiger partial charge in [0, 0.05) is 5.56 Å². The lowest BCUT2D eigenvalue weighted by atomic mass is 10.1. The fraction of sp³-hybridized carbons (Fsp3) is 0.222. The SMILES string of the molecule is Cc1cccc(COc2ccc(C#CCCl)cc2C)c1. The summed E-state index contributed by atoms with van der Waals surface area (Å²) >= 11 is 5.55.